The van der Waals surface area contributed by atoms with Crippen LogP contribution in [0.3, 0.4) is 0 Å². The minimum atomic E-state index is 1.07. The number of aryl methyl sites for hydroxylation is 1. The van der Waals surface area contributed by atoms with Crippen molar-refractivity contribution in [3.63, 3.8) is 0 Å². The van der Waals surface area contributed by atoms with Crippen LogP contribution in [0.2, 0.25) is 0 Å². The molecule has 0 atom stereocenters. The molecule has 2 nitrogen and oxygen atoms in total. The Morgan fingerprint density at radius 2 is 2.25 bits per heavy atom. The first-order valence-electron chi connectivity index (χ1n) is 4.78. The summed E-state index contributed by atoms with van der Waals surface area (Å²) >= 11 is 0. The van der Waals surface area contributed by atoms with Crippen LogP contribution in [0.1, 0.15) is 32.4 Å². The molecule has 0 amide bonds. The van der Waals surface area contributed by atoms with Gasteiger partial charge in [0.2, 0.25) is 0 Å². The van der Waals surface area contributed by atoms with Gasteiger partial charge < -0.3 is 10.3 Å². The second kappa shape index (κ2) is 4.86. The van der Waals surface area contributed by atoms with Crippen molar-refractivity contribution in [2.75, 3.05) is 11.9 Å². The normalized spacial score (nSPS) is 10.2. The van der Waals surface area contributed by atoms with Gasteiger partial charge in [-0.1, -0.05) is 20.3 Å². The third-order valence-corrected chi connectivity index (χ3v) is 2.03. The first kappa shape index (κ1) is 9.17. The zero-order chi connectivity index (χ0) is 8.81. The van der Waals surface area contributed by atoms with Crippen LogP contribution in [0, 0.1) is 0 Å². The van der Waals surface area contributed by atoms with Crippen molar-refractivity contribution in [2.45, 2.75) is 33.1 Å². The zero-order valence-electron chi connectivity index (χ0n) is 7.98. The highest BCUT2D eigenvalue weighted by Crippen LogP contribution is 2.13. The van der Waals surface area contributed by atoms with E-state index in [0.29, 0.717) is 0 Å². The number of aromatic nitrogens is 1. The summed E-state index contributed by atoms with van der Waals surface area (Å²) in [5, 5.41) is 3.41. The standard InChI is InChI=1S/C10H18N2/c1-3-5-7-11-10-6-8-12-9(10)4-2/h6,8,11-12H,3-5,7H2,1-2H3. The Hall–Kier alpha value is -0.920. The van der Waals surface area contributed by atoms with Crippen molar-refractivity contribution < 1.29 is 0 Å². The van der Waals surface area contributed by atoms with E-state index < -0.39 is 0 Å². The van der Waals surface area contributed by atoms with Crippen molar-refractivity contribution >= 4 is 5.69 Å². The smallest absolute Gasteiger partial charge is 0.0550 e. The van der Waals surface area contributed by atoms with Gasteiger partial charge in [-0.2, -0.15) is 0 Å². The Kier molecular flexibility index (Phi) is 3.71. The van der Waals surface area contributed by atoms with E-state index in [1.54, 1.807) is 0 Å². The summed E-state index contributed by atoms with van der Waals surface area (Å²) in [6, 6.07) is 2.11. The summed E-state index contributed by atoms with van der Waals surface area (Å²) in [6.07, 6.45) is 5.56. The highest BCUT2D eigenvalue weighted by molar-refractivity contribution is 5.48. The van der Waals surface area contributed by atoms with Crippen molar-refractivity contribution in [2.24, 2.45) is 0 Å². The van der Waals surface area contributed by atoms with E-state index in [2.05, 4.69) is 30.2 Å². The molecule has 0 saturated carbocycles. The molecular formula is C10H18N2. The highest BCUT2D eigenvalue weighted by Gasteiger charge is 1.98. The number of hydrogen-bond donors (Lipinski definition) is 2. The molecule has 0 spiro atoms. The molecule has 0 radical (unpaired) electrons. The van der Waals surface area contributed by atoms with E-state index in [-0.39, 0.29) is 0 Å². The van der Waals surface area contributed by atoms with E-state index in [4.69, 9.17) is 0 Å². The fraction of sp³-hybridized carbons (Fsp3) is 0.600. The lowest BCUT2D eigenvalue weighted by Crippen LogP contribution is -2.01. The molecular weight excluding hydrogens is 148 g/mol. The summed E-state index contributed by atoms with van der Waals surface area (Å²) in [7, 11) is 0. The molecule has 0 aliphatic heterocycles. The Balaban J connectivity index is 2.39. The van der Waals surface area contributed by atoms with Crippen LogP contribution < -0.4 is 5.32 Å². The van der Waals surface area contributed by atoms with Crippen LogP contribution in [-0.2, 0) is 6.42 Å². The molecule has 0 unspecified atom stereocenters. The molecule has 0 aliphatic rings. The summed E-state index contributed by atoms with van der Waals surface area (Å²) in [5.74, 6) is 0. The van der Waals surface area contributed by atoms with Gasteiger partial charge in [-0.3, -0.25) is 0 Å². The second-order valence-corrected chi connectivity index (χ2v) is 3.00. The maximum atomic E-state index is 3.41. The van der Waals surface area contributed by atoms with Gasteiger partial charge in [0.15, 0.2) is 0 Å². The van der Waals surface area contributed by atoms with Crippen LogP contribution >= 0.6 is 0 Å². The Morgan fingerprint density at radius 1 is 1.42 bits per heavy atom. The van der Waals surface area contributed by atoms with Crippen LogP contribution in [0.25, 0.3) is 0 Å². The molecule has 2 heteroatoms. The Morgan fingerprint density at radius 3 is 2.92 bits per heavy atom. The lowest BCUT2D eigenvalue weighted by molar-refractivity contribution is 0.832. The van der Waals surface area contributed by atoms with Gasteiger partial charge in [0.05, 0.1) is 5.69 Å². The van der Waals surface area contributed by atoms with E-state index in [9.17, 15) is 0 Å². The predicted molar refractivity (Wildman–Crippen MR) is 53.6 cm³/mol. The van der Waals surface area contributed by atoms with E-state index >= 15 is 0 Å². The highest BCUT2D eigenvalue weighted by atomic mass is 14.9. The first-order valence-corrected chi connectivity index (χ1v) is 4.78. The number of anilines is 1. The van der Waals surface area contributed by atoms with Crippen molar-refractivity contribution in [3.8, 4) is 0 Å². The first-order chi connectivity index (χ1) is 5.88. The minimum absolute atomic E-state index is 1.07. The van der Waals surface area contributed by atoms with Crippen molar-refractivity contribution in [3.05, 3.63) is 18.0 Å². The number of unbranched alkanes of at least 4 members (excludes halogenated alkanes) is 1. The molecule has 0 saturated heterocycles. The van der Waals surface area contributed by atoms with Gasteiger partial charge in [-0.25, -0.2) is 0 Å². The number of rotatable bonds is 5. The molecule has 12 heavy (non-hydrogen) atoms. The average Bonchev–Trinajstić information content (AvgIpc) is 2.52. The molecule has 2 N–H and O–H groups in total. The second-order valence-electron chi connectivity index (χ2n) is 3.00. The lowest BCUT2D eigenvalue weighted by Gasteiger charge is -2.04. The summed E-state index contributed by atoms with van der Waals surface area (Å²) in [5.41, 5.74) is 2.58. The fourth-order valence-electron chi connectivity index (χ4n) is 1.26. The molecule has 1 aromatic rings. The van der Waals surface area contributed by atoms with E-state index in [1.165, 1.54) is 24.2 Å². The van der Waals surface area contributed by atoms with Gasteiger partial charge in [0, 0.05) is 18.4 Å². The zero-order valence-corrected chi connectivity index (χ0v) is 7.98. The topological polar surface area (TPSA) is 27.8 Å². The van der Waals surface area contributed by atoms with Crippen LogP contribution in [0.5, 0.6) is 0 Å². The van der Waals surface area contributed by atoms with Crippen LogP contribution in [-0.4, -0.2) is 11.5 Å². The quantitative estimate of drug-likeness (QED) is 0.647. The number of H-pyrrole nitrogens is 1. The van der Waals surface area contributed by atoms with Gasteiger partial charge in [-0.05, 0) is 18.9 Å². The SMILES string of the molecule is CCCCNc1cc[nH]c1CC. The summed E-state index contributed by atoms with van der Waals surface area (Å²) in [4.78, 5) is 3.22. The maximum Gasteiger partial charge on any atom is 0.0550 e. The number of nitrogens with one attached hydrogen (secondary N) is 2. The van der Waals surface area contributed by atoms with Gasteiger partial charge in [0.1, 0.15) is 0 Å². The molecule has 1 heterocycles. The van der Waals surface area contributed by atoms with E-state index in [0.717, 1.165) is 13.0 Å². The minimum Gasteiger partial charge on any atom is -0.384 e. The Bertz CT molecular complexity index is 215. The largest absolute Gasteiger partial charge is 0.384 e. The molecule has 1 rings (SSSR count). The van der Waals surface area contributed by atoms with Crippen molar-refractivity contribution in [1.82, 2.24) is 4.98 Å². The molecule has 0 aliphatic carbocycles. The lowest BCUT2D eigenvalue weighted by atomic mass is 10.3. The molecule has 0 bridgehead atoms. The average molecular weight is 166 g/mol. The van der Waals surface area contributed by atoms with Crippen LogP contribution in [0.15, 0.2) is 12.3 Å². The summed E-state index contributed by atoms with van der Waals surface area (Å²) < 4.78 is 0. The third kappa shape index (κ3) is 2.29. The van der Waals surface area contributed by atoms with Gasteiger partial charge in [-0.15, -0.1) is 0 Å². The van der Waals surface area contributed by atoms with Gasteiger partial charge >= 0.3 is 0 Å². The molecule has 0 fully saturated rings. The Labute approximate surface area is 74.4 Å². The summed E-state index contributed by atoms with van der Waals surface area (Å²) in [6.45, 7) is 5.46. The van der Waals surface area contributed by atoms with E-state index in [1.807, 2.05) is 6.20 Å². The van der Waals surface area contributed by atoms with Gasteiger partial charge in [0.25, 0.3) is 0 Å². The van der Waals surface area contributed by atoms with Crippen molar-refractivity contribution in [1.29, 1.82) is 0 Å². The predicted octanol–water partition coefficient (Wildman–Crippen LogP) is 2.79. The van der Waals surface area contributed by atoms with Crippen LogP contribution in [0.4, 0.5) is 5.69 Å². The molecule has 68 valence electrons. The third-order valence-electron chi connectivity index (χ3n) is 2.03. The number of aromatic amines is 1. The maximum absolute atomic E-state index is 3.41. The number of hydrogen-bond acceptors (Lipinski definition) is 1. The monoisotopic (exact) mass is 166 g/mol. The molecule has 1 aromatic heterocycles. The molecule has 0 aromatic carbocycles. The fourth-order valence-corrected chi connectivity index (χ4v) is 1.26.